The smallest absolute Gasteiger partial charge is 0.422 e. The second-order valence-electron chi connectivity index (χ2n) is 7.64. The van der Waals surface area contributed by atoms with Crippen LogP contribution >= 0.6 is 0 Å². The summed E-state index contributed by atoms with van der Waals surface area (Å²) in [6.45, 7) is 3.83. The summed E-state index contributed by atoms with van der Waals surface area (Å²) in [7, 11) is 0. The van der Waals surface area contributed by atoms with Gasteiger partial charge in [-0.1, -0.05) is 61.5 Å². The van der Waals surface area contributed by atoms with Crippen molar-refractivity contribution in [1.82, 2.24) is 0 Å². The number of aliphatic carboxylic acids is 1. The lowest BCUT2D eigenvalue weighted by molar-refractivity contribution is -0.158. The van der Waals surface area contributed by atoms with Crippen LogP contribution in [0.2, 0.25) is 0 Å². The van der Waals surface area contributed by atoms with E-state index in [1.165, 1.54) is 0 Å². The van der Waals surface area contributed by atoms with Crippen molar-refractivity contribution in [1.29, 1.82) is 0 Å². The lowest BCUT2D eigenvalue weighted by atomic mass is 9.86. The van der Waals surface area contributed by atoms with Gasteiger partial charge in [0.1, 0.15) is 11.5 Å². The van der Waals surface area contributed by atoms with E-state index in [1.54, 1.807) is 12.3 Å². The molecule has 1 aliphatic heterocycles. The van der Waals surface area contributed by atoms with Crippen molar-refractivity contribution < 1.29 is 24.2 Å². The molecule has 0 fully saturated rings. The average Bonchev–Trinajstić information content (AvgIpc) is 2.76. The van der Waals surface area contributed by atoms with Crippen LogP contribution in [0.25, 0.3) is 11.1 Å². The molecule has 0 amide bonds. The van der Waals surface area contributed by atoms with E-state index in [0.29, 0.717) is 17.7 Å². The van der Waals surface area contributed by atoms with Crippen LogP contribution < -0.4 is 9.47 Å². The predicted molar refractivity (Wildman–Crippen MR) is 117 cm³/mol. The van der Waals surface area contributed by atoms with Crippen molar-refractivity contribution in [2.75, 3.05) is 0 Å². The SMILES string of the molecule is Cc1cc2c(c(OC(=O)C(=O)O)c1)C(C)C(Cc1ccc(-c3ccccc3)cc1)=CO2. The third-order valence-corrected chi connectivity index (χ3v) is 5.42. The van der Waals surface area contributed by atoms with Crippen LogP contribution in [0.1, 0.15) is 29.5 Å². The number of aryl methyl sites for hydroxylation is 1. The number of carboxylic acids is 1. The quantitative estimate of drug-likeness (QED) is 0.357. The molecular formula is C26H22O5. The first-order valence-corrected chi connectivity index (χ1v) is 10.0. The predicted octanol–water partition coefficient (Wildman–Crippen LogP) is 5.27. The standard InChI is InChI=1S/C26H22O5/c1-16-12-22-24(23(13-16)31-26(29)25(27)28)17(2)21(15-30-22)14-18-8-10-20(11-9-18)19-6-4-3-5-7-19/h3-13,15,17H,14H2,1-2H3,(H,27,28). The van der Waals surface area contributed by atoms with E-state index in [4.69, 9.17) is 14.6 Å². The average molecular weight is 414 g/mol. The highest BCUT2D eigenvalue weighted by Gasteiger charge is 2.28. The molecule has 5 heteroatoms. The van der Waals surface area contributed by atoms with Gasteiger partial charge in [0.15, 0.2) is 0 Å². The maximum Gasteiger partial charge on any atom is 0.422 e. The number of allylic oxidation sites excluding steroid dienone is 1. The van der Waals surface area contributed by atoms with Crippen molar-refractivity contribution in [2.45, 2.75) is 26.2 Å². The van der Waals surface area contributed by atoms with E-state index < -0.39 is 11.9 Å². The Labute approximate surface area is 180 Å². The van der Waals surface area contributed by atoms with Gasteiger partial charge in [0.25, 0.3) is 0 Å². The lowest BCUT2D eigenvalue weighted by Crippen LogP contribution is -2.21. The largest absolute Gasteiger partial charge is 0.473 e. The van der Waals surface area contributed by atoms with Crippen LogP contribution in [0.15, 0.2) is 78.6 Å². The molecule has 0 aromatic heterocycles. The zero-order chi connectivity index (χ0) is 22.0. The number of rotatable bonds is 4. The highest BCUT2D eigenvalue weighted by molar-refractivity contribution is 6.29. The minimum Gasteiger partial charge on any atom is -0.473 e. The molecule has 0 saturated carbocycles. The minimum absolute atomic E-state index is 0.102. The highest BCUT2D eigenvalue weighted by Crippen LogP contribution is 2.43. The third kappa shape index (κ3) is 4.36. The van der Waals surface area contributed by atoms with Gasteiger partial charge in [-0.2, -0.15) is 0 Å². The summed E-state index contributed by atoms with van der Waals surface area (Å²) in [4.78, 5) is 22.6. The summed E-state index contributed by atoms with van der Waals surface area (Å²) in [5.41, 5.74) is 5.94. The maximum atomic E-state index is 11.7. The summed E-state index contributed by atoms with van der Waals surface area (Å²) >= 11 is 0. The van der Waals surface area contributed by atoms with Gasteiger partial charge in [-0.15, -0.1) is 0 Å². The lowest BCUT2D eigenvalue weighted by Gasteiger charge is -2.26. The van der Waals surface area contributed by atoms with E-state index in [9.17, 15) is 9.59 Å². The molecule has 0 radical (unpaired) electrons. The van der Waals surface area contributed by atoms with Gasteiger partial charge < -0.3 is 14.6 Å². The molecule has 3 aromatic carbocycles. The third-order valence-electron chi connectivity index (χ3n) is 5.42. The highest BCUT2D eigenvalue weighted by atomic mass is 16.6. The maximum absolute atomic E-state index is 11.7. The van der Waals surface area contributed by atoms with Gasteiger partial charge in [0.2, 0.25) is 0 Å². The Balaban J connectivity index is 1.57. The van der Waals surface area contributed by atoms with Crippen molar-refractivity contribution in [2.24, 2.45) is 0 Å². The fourth-order valence-electron chi connectivity index (χ4n) is 3.79. The first kappa shape index (κ1) is 20.4. The summed E-state index contributed by atoms with van der Waals surface area (Å²) in [6, 6.07) is 22.1. The molecule has 156 valence electrons. The van der Waals surface area contributed by atoms with Crippen molar-refractivity contribution in [3.63, 3.8) is 0 Å². The summed E-state index contributed by atoms with van der Waals surface area (Å²) < 4.78 is 11.0. The number of benzene rings is 3. The monoisotopic (exact) mass is 414 g/mol. The Morgan fingerprint density at radius 2 is 1.68 bits per heavy atom. The van der Waals surface area contributed by atoms with Gasteiger partial charge in [-0.05, 0) is 53.3 Å². The fourth-order valence-corrected chi connectivity index (χ4v) is 3.79. The Morgan fingerprint density at radius 3 is 2.35 bits per heavy atom. The van der Waals surface area contributed by atoms with Crippen LogP contribution in [-0.4, -0.2) is 17.0 Å². The zero-order valence-electron chi connectivity index (χ0n) is 17.3. The van der Waals surface area contributed by atoms with E-state index in [1.807, 2.05) is 38.1 Å². The molecular weight excluding hydrogens is 392 g/mol. The number of carbonyl (C=O) groups excluding carboxylic acids is 1. The Morgan fingerprint density at radius 1 is 1.00 bits per heavy atom. The number of fused-ring (bicyclic) bond motifs is 1. The van der Waals surface area contributed by atoms with Crippen LogP contribution in [-0.2, 0) is 16.0 Å². The number of ether oxygens (including phenoxy) is 2. The number of hydrogen-bond donors (Lipinski definition) is 1. The molecule has 4 rings (SSSR count). The summed E-state index contributed by atoms with van der Waals surface area (Å²) in [5, 5.41) is 8.92. The van der Waals surface area contributed by atoms with Gasteiger partial charge >= 0.3 is 11.9 Å². The van der Waals surface area contributed by atoms with Crippen LogP contribution in [0.5, 0.6) is 11.5 Å². The number of carbonyl (C=O) groups is 2. The minimum atomic E-state index is -1.63. The normalized spacial score (nSPS) is 14.8. The summed E-state index contributed by atoms with van der Waals surface area (Å²) in [6.07, 6.45) is 2.40. The summed E-state index contributed by atoms with van der Waals surface area (Å²) in [5.74, 6) is -2.25. The van der Waals surface area contributed by atoms with Crippen molar-refractivity contribution >= 4 is 11.9 Å². The molecule has 0 spiro atoms. The molecule has 3 aromatic rings. The van der Waals surface area contributed by atoms with Crippen LogP contribution in [0, 0.1) is 6.92 Å². The molecule has 5 nitrogen and oxygen atoms in total. The van der Waals surface area contributed by atoms with Gasteiger partial charge in [0.05, 0.1) is 6.26 Å². The second kappa shape index (κ2) is 8.48. The molecule has 0 aliphatic carbocycles. The van der Waals surface area contributed by atoms with Crippen LogP contribution in [0.4, 0.5) is 0 Å². The van der Waals surface area contributed by atoms with Gasteiger partial charge in [-0.25, -0.2) is 9.59 Å². The second-order valence-corrected chi connectivity index (χ2v) is 7.64. The molecule has 1 heterocycles. The zero-order valence-corrected chi connectivity index (χ0v) is 17.3. The molecule has 0 saturated heterocycles. The number of carboxylic acid groups (broad SMARTS) is 1. The van der Waals surface area contributed by atoms with E-state index in [2.05, 4.69) is 36.4 Å². The molecule has 0 bridgehead atoms. The van der Waals surface area contributed by atoms with E-state index in [0.717, 1.165) is 27.8 Å². The molecule has 1 N–H and O–H groups in total. The van der Waals surface area contributed by atoms with E-state index in [-0.39, 0.29) is 11.7 Å². The number of hydrogen-bond acceptors (Lipinski definition) is 4. The first-order valence-electron chi connectivity index (χ1n) is 10.0. The first-order chi connectivity index (χ1) is 14.9. The Kier molecular flexibility index (Phi) is 5.58. The number of esters is 1. The molecule has 1 unspecified atom stereocenters. The van der Waals surface area contributed by atoms with Crippen molar-refractivity contribution in [3.05, 3.63) is 95.3 Å². The molecule has 1 atom stereocenters. The van der Waals surface area contributed by atoms with Crippen LogP contribution in [0.3, 0.4) is 0 Å². The van der Waals surface area contributed by atoms with Gasteiger partial charge in [0, 0.05) is 11.5 Å². The van der Waals surface area contributed by atoms with Gasteiger partial charge in [-0.3, -0.25) is 0 Å². The molecule has 1 aliphatic rings. The van der Waals surface area contributed by atoms with Crippen molar-refractivity contribution in [3.8, 4) is 22.6 Å². The van der Waals surface area contributed by atoms with E-state index >= 15 is 0 Å². The Bertz CT molecular complexity index is 1160. The fraction of sp³-hybridized carbons (Fsp3) is 0.154. The Hall–Kier alpha value is -3.86. The molecule has 31 heavy (non-hydrogen) atoms. The topological polar surface area (TPSA) is 72.8 Å².